The Balaban J connectivity index is 1.20. The summed E-state index contributed by atoms with van der Waals surface area (Å²) < 4.78 is 7.03. The van der Waals surface area contributed by atoms with Gasteiger partial charge in [-0.3, -0.25) is 9.59 Å². The van der Waals surface area contributed by atoms with Crippen LogP contribution in [0.15, 0.2) is 48.2 Å². The maximum Gasteiger partial charge on any atom is 0.295 e. The molecule has 4 aromatic rings. The van der Waals surface area contributed by atoms with Crippen LogP contribution in [0.5, 0.6) is 5.75 Å². The number of nitrogens with one attached hydrogen (secondary N) is 2. The molecule has 1 saturated heterocycles. The summed E-state index contributed by atoms with van der Waals surface area (Å²) in [5.41, 5.74) is 5.36. The SMILES string of the molecule is CCc1ncn(-c2ncc(OC)c3c(C(=O)C(=O)N4CCN(C5=NN[NH2+]N5c5ccccn5)CC4)c[nH]c23)n1. The summed E-state index contributed by atoms with van der Waals surface area (Å²) in [7, 11) is 1.50. The molecular formula is C24H27N12O3+. The maximum atomic E-state index is 13.5. The van der Waals surface area contributed by atoms with Crippen LogP contribution in [-0.2, 0) is 11.2 Å². The van der Waals surface area contributed by atoms with Crippen LogP contribution < -0.4 is 20.8 Å². The van der Waals surface area contributed by atoms with Crippen LogP contribution in [0.4, 0.5) is 5.82 Å². The van der Waals surface area contributed by atoms with Crippen molar-refractivity contribution in [3.63, 3.8) is 0 Å². The predicted molar refractivity (Wildman–Crippen MR) is 139 cm³/mol. The molecule has 0 bridgehead atoms. The summed E-state index contributed by atoms with van der Waals surface area (Å²) >= 11 is 0. The number of anilines is 1. The lowest BCUT2D eigenvalue weighted by Gasteiger charge is -2.35. The number of aryl methyl sites for hydroxylation is 1. The number of quaternary nitrogens is 1. The van der Waals surface area contributed by atoms with E-state index in [1.807, 2.05) is 30.1 Å². The lowest BCUT2D eigenvalue weighted by atomic mass is 10.1. The molecule has 0 radical (unpaired) electrons. The number of ketones is 1. The monoisotopic (exact) mass is 531 g/mol. The van der Waals surface area contributed by atoms with E-state index in [1.165, 1.54) is 19.5 Å². The van der Waals surface area contributed by atoms with E-state index in [0.717, 1.165) is 5.82 Å². The molecule has 0 aromatic carbocycles. The van der Waals surface area contributed by atoms with Gasteiger partial charge in [-0.2, -0.15) is 0 Å². The van der Waals surface area contributed by atoms with Crippen molar-refractivity contribution in [2.45, 2.75) is 13.3 Å². The Hall–Kier alpha value is -5.05. The van der Waals surface area contributed by atoms with Crippen molar-refractivity contribution in [2.75, 3.05) is 38.3 Å². The topological polar surface area (TPSA) is 166 Å². The number of ether oxygens (including phenoxy) is 1. The van der Waals surface area contributed by atoms with Gasteiger partial charge in [0.15, 0.2) is 17.5 Å². The zero-order chi connectivity index (χ0) is 26.9. The van der Waals surface area contributed by atoms with Crippen molar-refractivity contribution in [3.8, 4) is 11.6 Å². The molecule has 39 heavy (non-hydrogen) atoms. The van der Waals surface area contributed by atoms with Crippen molar-refractivity contribution in [2.24, 2.45) is 5.10 Å². The number of hydrogen-bond donors (Lipinski definition) is 3. The molecule has 0 aliphatic carbocycles. The molecule has 0 unspecified atom stereocenters. The van der Waals surface area contributed by atoms with Crippen molar-refractivity contribution in [3.05, 3.63) is 54.5 Å². The molecule has 15 heteroatoms. The second kappa shape index (κ2) is 10.0. The number of H-pyrrole nitrogens is 1. The predicted octanol–water partition coefficient (Wildman–Crippen LogP) is -0.789. The van der Waals surface area contributed by atoms with E-state index in [9.17, 15) is 9.59 Å². The zero-order valence-corrected chi connectivity index (χ0v) is 21.4. The number of aromatic nitrogens is 6. The number of rotatable bonds is 6. The maximum absolute atomic E-state index is 13.5. The fourth-order valence-corrected chi connectivity index (χ4v) is 4.69. The summed E-state index contributed by atoms with van der Waals surface area (Å²) in [4.78, 5) is 46.6. The first kappa shape index (κ1) is 24.3. The lowest BCUT2D eigenvalue weighted by molar-refractivity contribution is -0.704. The molecule has 2 aliphatic heterocycles. The van der Waals surface area contributed by atoms with Gasteiger partial charge in [-0.05, 0) is 12.1 Å². The van der Waals surface area contributed by atoms with Crippen LogP contribution in [0, 0.1) is 0 Å². The fraction of sp³-hybridized carbons (Fsp3) is 0.292. The van der Waals surface area contributed by atoms with Gasteiger partial charge in [-0.15, -0.1) is 21.2 Å². The Morgan fingerprint density at radius 3 is 2.69 bits per heavy atom. The summed E-state index contributed by atoms with van der Waals surface area (Å²) in [6.45, 7) is 3.71. The second-order valence-corrected chi connectivity index (χ2v) is 8.90. The van der Waals surface area contributed by atoms with Crippen LogP contribution in [0.2, 0.25) is 0 Å². The minimum atomic E-state index is -0.624. The van der Waals surface area contributed by atoms with E-state index in [4.69, 9.17) is 4.74 Å². The number of hydrazone groups is 1. The van der Waals surface area contributed by atoms with Gasteiger partial charge in [-0.1, -0.05) is 18.1 Å². The van der Waals surface area contributed by atoms with Crippen LogP contribution >= 0.6 is 0 Å². The number of fused-ring (bicyclic) bond motifs is 1. The number of guanidine groups is 1. The third-order valence-corrected chi connectivity index (χ3v) is 6.70. The van der Waals surface area contributed by atoms with E-state index in [-0.39, 0.29) is 5.56 Å². The molecule has 6 heterocycles. The standard InChI is InChI=1S/C24H26N12O3/c1-3-17-28-14-35(30-17)22-20-19(16(39-2)13-27-22)15(12-26-20)21(37)23(38)33-8-10-34(11-9-33)24-29-31-32-36(24)18-6-4-5-7-25-18/h4-7,12-14,26,31-32H,3,8-11H2,1-2H3/p+1. The number of pyridine rings is 2. The van der Waals surface area contributed by atoms with Gasteiger partial charge in [-0.25, -0.2) is 19.6 Å². The number of carbonyl (C=O) groups is 2. The van der Waals surface area contributed by atoms with Crippen molar-refractivity contribution >= 4 is 34.4 Å². The molecular weight excluding hydrogens is 504 g/mol. The first-order chi connectivity index (χ1) is 19.1. The number of aromatic amines is 1. The Kier molecular flexibility index (Phi) is 6.24. The quantitative estimate of drug-likeness (QED) is 0.163. The summed E-state index contributed by atoms with van der Waals surface area (Å²) in [6, 6.07) is 5.64. The van der Waals surface area contributed by atoms with Crippen LogP contribution in [0.3, 0.4) is 0 Å². The summed E-state index contributed by atoms with van der Waals surface area (Å²) in [5.74, 6) is 1.72. The van der Waals surface area contributed by atoms with Crippen molar-refractivity contribution in [1.82, 2.24) is 45.1 Å². The number of Topliss-reactive ketones (excluding diaryl/α,β-unsaturated/α-hetero) is 1. The highest BCUT2D eigenvalue weighted by Crippen LogP contribution is 2.32. The number of hydrogen-bond acceptors (Lipinski definition) is 11. The Labute approximate surface area is 222 Å². The lowest BCUT2D eigenvalue weighted by Crippen LogP contribution is -2.99. The third kappa shape index (κ3) is 4.27. The van der Waals surface area contributed by atoms with E-state index >= 15 is 0 Å². The molecule has 4 aromatic heterocycles. The zero-order valence-electron chi connectivity index (χ0n) is 21.4. The molecule has 200 valence electrons. The molecule has 1 fully saturated rings. The normalized spacial score (nSPS) is 15.4. The molecule has 2 aliphatic rings. The number of carbonyl (C=O) groups excluding carboxylic acids is 2. The van der Waals surface area contributed by atoms with Gasteiger partial charge in [0.25, 0.3) is 17.6 Å². The van der Waals surface area contributed by atoms with Gasteiger partial charge in [0, 0.05) is 45.0 Å². The average molecular weight is 532 g/mol. The summed E-state index contributed by atoms with van der Waals surface area (Å²) in [5, 5.41) is 11.1. The first-order valence-corrected chi connectivity index (χ1v) is 12.5. The number of methoxy groups -OCH3 is 1. The van der Waals surface area contributed by atoms with Gasteiger partial charge in [0.05, 0.1) is 29.8 Å². The second-order valence-electron chi connectivity index (χ2n) is 8.90. The molecule has 15 nitrogen and oxygen atoms in total. The van der Waals surface area contributed by atoms with Gasteiger partial charge in [0.1, 0.15) is 12.1 Å². The Morgan fingerprint density at radius 2 is 1.97 bits per heavy atom. The minimum absolute atomic E-state index is 0.217. The third-order valence-electron chi connectivity index (χ3n) is 6.70. The Morgan fingerprint density at radius 1 is 1.13 bits per heavy atom. The van der Waals surface area contributed by atoms with Crippen LogP contribution in [0.25, 0.3) is 16.7 Å². The van der Waals surface area contributed by atoms with Gasteiger partial charge >= 0.3 is 0 Å². The van der Waals surface area contributed by atoms with Crippen molar-refractivity contribution in [1.29, 1.82) is 0 Å². The smallest absolute Gasteiger partial charge is 0.295 e. The molecule has 0 spiro atoms. The molecule has 6 rings (SSSR count). The first-order valence-electron chi connectivity index (χ1n) is 12.5. The average Bonchev–Trinajstić information content (AvgIpc) is 3.76. The highest BCUT2D eigenvalue weighted by Gasteiger charge is 2.34. The minimum Gasteiger partial charge on any atom is -0.494 e. The van der Waals surface area contributed by atoms with Gasteiger partial charge in [0.2, 0.25) is 0 Å². The number of piperazine rings is 1. The summed E-state index contributed by atoms with van der Waals surface area (Å²) in [6.07, 6.45) is 6.99. The van der Waals surface area contributed by atoms with Gasteiger partial charge < -0.3 is 19.5 Å². The van der Waals surface area contributed by atoms with Crippen LogP contribution in [0.1, 0.15) is 23.1 Å². The molecule has 1 amide bonds. The number of amides is 1. The van der Waals surface area contributed by atoms with Crippen molar-refractivity contribution < 1.29 is 19.9 Å². The van der Waals surface area contributed by atoms with Crippen LogP contribution in [-0.4, -0.2) is 90.5 Å². The molecule has 0 atom stereocenters. The number of nitrogens with two attached hydrogens (primary N) is 1. The molecule has 4 N–H and O–H groups in total. The van der Waals surface area contributed by atoms with E-state index in [0.29, 0.717) is 66.9 Å². The number of nitrogens with zero attached hydrogens (tertiary/aromatic N) is 9. The van der Waals surface area contributed by atoms with E-state index in [2.05, 4.69) is 40.6 Å². The Bertz CT molecular complexity index is 1560. The highest BCUT2D eigenvalue weighted by atomic mass is 16.5. The largest absolute Gasteiger partial charge is 0.494 e. The fourth-order valence-electron chi connectivity index (χ4n) is 4.69. The van der Waals surface area contributed by atoms with E-state index in [1.54, 1.807) is 27.6 Å². The van der Waals surface area contributed by atoms with E-state index < -0.39 is 11.7 Å². The highest BCUT2D eigenvalue weighted by molar-refractivity contribution is 6.45. The molecule has 0 saturated carbocycles.